The first-order chi connectivity index (χ1) is 6.54. The monoisotopic (exact) mass is 216 g/mol. The molecule has 1 aliphatic rings. The Kier molecular flexibility index (Phi) is 3.40. The first-order valence-corrected chi connectivity index (χ1v) is 5.12. The fourth-order valence-electron chi connectivity index (χ4n) is 1.26. The predicted octanol–water partition coefficient (Wildman–Crippen LogP) is 0.866. The average molecular weight is 216 g/mol. The molecule has 0 aromatic rings. The smallest absolute Gasteiger partial charge is 0.343 e. The molecule has 0 saturated carbocycles. The number of carboxylic acids is 1. The molecule has 14 heavy (non-hydrogen) atoms. The van der Waals surface area contributed by atoms with E-state index in [1.54, 1.807) is 0 Å². The van der Waals surface area contributed by atoms with Crippen molar-refractivity contribution in [1.82, 2.24) is 5.32 Å². The van der Waals surface area contributed by atoms with Gasteiger partial charge in [0.1, 0.15) is 4.91 Å². The molecule has 0 spiro atoms. The summed E-state index contributed by atoms with van der Waals surface area (Å²) in [4.78, 5) is 21.6. The van der Waals surface area contributed by atoms with E-state index in [4.69, 9.17) is 10.8 Å². The van der Waals surface area contributed by atoms with Crippen LogP contribution in [0.4, 0.5) is 4.79 Å². The molecule has 1 atom stereocenters. The normalized spacial score (nSPS) is 21.1. The van der Waals surface area contributed by atoms with Gasteiger partial charge in [0.2, 0.25) is 0 Å². The molecule has 1 aliphatic heterocycles. The number of aliphatic carboxylic acids is 1. The van der Waals surface area contributed by atoms with Crippen molar-refractivity contribution in [1.29, 1.82) is 0 Å². The molecule has 1 rings (SSSR count). The van der Waals surface area contributed by atoms with Crippen molar-refractivity contribution in [3.05, 3.63) is 10.6 Å². The molecule has 0 radical (unpaired) electrons. The molecular formula is C8H12N2O3S. The maximum atomic E-state index is 10.8. The minimum absolute atomic E-state index is 0.204. The Bertz CT molecular complexity index is 301. The van der Waals surface area contributed by atoms with Crippen LogP contribution in [0.5, 0.6) is 0 Å². The molecule has 0 bridgehead atoms. The molecule has 0 saturated heterocycles. The summed E-state index contributed by atoms with van der Waals surface area (Å²) in [5.41, 5.74) is 5.37. The van der Waals surface area contributed by atoms with E-state index in [1.165, 1.54) is 11.8 Å². The third kappa shape index (κ3) is 2.41. The third-order valence-electron chi connectivity index (χ3n) is 1.91. The first-order valence-electron chi connectivity index (χ1n) is 4.24. The van der Waals surface area contributed by atoms with Gasteiger partial charge in [0.05, 0.1) is 0 Å². The van der Waals surface area contributed by atoms with Crippen molar-refractivity contribution in [3.63, 3.8) is 0 Å². The van der Waals surface area contributed by atoms with Crippen LogP contribution in [0, 0.1) is 0 Å². The summed E-state index contributed by atoms with van der Waals surface area (Å²) in [6, 6.07) is -0.712. The highest BCUT2D eigenvalue weighted by Gasteiger charge is 2.28. The summed E-state index contributed by atoms with van der Waals surface area (Å²) in [6.07, 6.45) is 1.43. The van der Waals surface area contributed by atoms with Crippen molar-refractivity contribution in [3.8, 4) is 0 Å². The quantitative estimate of drug-likeness (QED) is 0.652. The Labute approximate surface area is 85.7 Å². The highest BCUT2D eigenvalue weighted by molar-refractivity contribution is 8.04. The summed E-state index contributed by atoms with van der Waals surface area (Å²) in [5, 5.41) is 11.4. The van der Waals surface area contributed by atoms with Gasteiger partial charge in [-0.3, -0.25) is 0 Å². The lowest BCUT2D eigenvalue weighted by Crippen LogP contribution is -2.29. The number of allylic oxidation sites excluding steroid dienone is 1. The highest BCUT2D eigenvalue weighted by atomic mass is 32.2. The molecule has 0 aliphatic carbocycles. The Morgan fingerprint density at radius 1 is 1.71 bits per heavy atom. The summed E-state index contributed by atoms with van der Waals surface area (Å²) in [5.74, 6) is -1.00. The Morgan fingerprint density at radius 3 is 2.79 bits per heavy atom. The molecule has 1 unspecified atom stereocenters. The van der Waals surface area contributed by atoms with E-state index in [0.29, 0.717) is 12.1 Å². The second kappa shape index (κ2) is 4.36. The van der Waals surface area contributed by atoms with E-state index in [0.717, 1.165) is 6.42 Å². The van der Waals surface area contributed by atoms with Gasteiger partial charge in [-0.2, -0.15) is 0 Å². The van der Waals surface area contributed by atoms with Gasteiger partial charge >= 0.3 is 12.0 Å². The van der Waals surface area contributed by atoms with Crippen molar-refractivity contribution >= 4 is 23.8 Å². The van der Waals surface area contributed by atoms with Gasteiger partial charge in [-0.25, -0.2) is 9.59 Å². The summed E-state index contributed by atoms with van der Waals surface area (Å²) < 4.78 is 0. The number of hydrogen-bond donors (Lipinski definition) is 3. The van der Waals surface area contributed by atoms with E-state index in [-0.39, 0.29) is 10.2 Å². The fourth-order valence-corrected chi connectivity index (χ4v) is 2.39. The molecule has 78 valence electrons. The van der Waals surface area contributed by atoms with Crippen LogP contribution in [0.2, 0.25) is 0 Å². The number of amides is 2. The fraction of sp³-hybridized carbons (Fsp3) is 0.500. The lowest BCUT2D eigenvalue weighted by Gasteiger charge is -2.04. The molecule has 0 aromatic carbocycles. The second-order valence-corrected chi connectivity index (χ2v) is 4.26. The number of nitrogens with two attached hydrogens (primary N) is 1. The number of hydrogen-bond acceptors (Lipinski definition) is 3. The van der Waals surface area contributed by atoms with E-state index in [1.807, 2.05) is 6.92 Å². The van der Waals surface area contributed by atoms with E-state index < -0.39 is 12.0 Å². The van der Waals surface area contributed by atoms with Gasteiger partial charge in [-0.1, -0.05) is 6.92 Å². The standard InChI is InChI=1S/C8H12N2O3S/c1-2-4-3-5(10-8(9)13)6(14-4)7(11)12/h4H,2-3H2,1H3,(H,11,12)(H3,9,10,13). The number of carbonyl (C=O) groups is 2. The molecule has 5 nitrogen and oxygen atoms in total. The number of urea groups is 1. The van der Waals surface area contributed by atoms with Crippen LogP contribution in [0.15, 0.2) is 10.6 Å². The molecule has 0 fully saturated rings. The number of carboxylic acid groups (broad SMARTS) is 1. The Morgan fingerprint density at radius 2 is 2.36 bits per heavy atom. The van der Waals surface area contributed by atoms with Gasteiger partial charge in [-0.05, 0) is 6.42 Å². The van der Waals surface area contributed by atoms with Gasteiger partial charge in [0, 0.05) is 17.4 Å². The van der Waals surface area contributed by atoms with Crippen molar-refractivity contribution in [2.45, 2.75) is 25.0 Å². The lowest BCUT2D eigenvalue weighted by atomic mass is 10.2. The average Bonchev–Trinajstić information content (AvgIpc) is 2.46. The minimum Gasteiger partial charge on any atom is -0.477 e. The number of nitrogens with one attached hydrogen (secondary N) is 1. The number of thioether (sulfide) groups is 1. The number of carbonyl (C=O) groups excluding carboxylic acids is 1. The molecule has 2 amide bonds. The maximum absolute atomic E-state index is 10.8. The van der Waals surface area contributed by atoms with Crippen LogP contribution in [0.25, 0.3) is 0 Å². The summed E-state index contributed by atoms with van der Waals surface area (Å²) in [6.45, 7) is 1.98. The topological polar surface area (TPSA) is 92.4 Å². The molecule has 1 heterocycles. The Hall–Kier alpha value is -1.17. The third-order valence-corrected chi connectivity index (χ3v) is 3.40. The highest BCUT2D eigenvalue weighted by Crippen LogP contribution is 2.37. The molecule has 0 aromatic heterocycles. The van der Waals surface area contributed by atoms with E-state index in [2.05, 4.69) is 5.32 Å². The van der Waals surface area contributed by atoms with Crippen LogP contribution in [-0.4, -0.2) is 22.4 Å². The van der Waals surface area contributed by atoms with Gasteiger partial charge in [-0.15, -0.1) is 11.8 Å². The van der Waals surface area contributed by atoms with Crippen LogP contribution >= 0.6 is 11.8 Å². The zero-order chi connectivity index (χ0) is 10.7. The van der Waals surface area contributed by atoms with E-state index >= 15 is 0 Å². The van der Waals surface area contributed by atoms with Crippen LogP contribution in [0.3, 0.4) is 0 Å². The van der Waals surface area contributed by atoms with Crippen molar-refractivity contribution in [2.75, 3.05) is 0 Å². The minimum atomic E-state index is -1.00. The predicted molar refractivity (Wildman–Crippen MR) is 53.7 cm³/mol. The van der Waals surface area contributed by atoms with Crippen LogP contribution in [-0.2, 0) is 4.79 Å². The zero-order valence-electron chi connectivity index (χ0n) is 7.74. The van der Waals surface area contributed by atoms with Crippen LogP contribution < -0.4 is 11.1 Å². The Balaban J connectivity index is 2.79. The largest absolute Gasteiger partial charge is 0.477 e. The van der Waals surface area contributed by atoms with Crippen molar-refractivity contribution < 1.29 is 14.7 Å². The zero-order valence-corrected chi connectivity index (χ0v) is 8.56. The van der Waals surface area contributed by atoms with E-state index in [9.17, 15) is 9.59 Å². The van der Waals surface area contributed by atoms with Crippen molar-refractivity contribution in [2.24, 2.45) is 5.73 Å². The number of rotatable bonds is 3. The number of primary amides is 1. The SMILES string of the molecule is CCC1CC(NC(N)=O)=C(C(=O)O)S1. The lowest BCUT2D eigenvalue weighted by molar-refractivity contribution is -0.131. The summed E-state index contributed by atoms with van der Waals surface area (Å²) >= 11 is 1.28. The van der Waals surface area contributed by atoms with Gasteiger partial charge < -0.3 is 16.2 Å². The van der Waals surface area contributed by atoms with Crippen LogP contribution in [0.1, 0.15) is 19.8 Å². The first kappa shape index (κ1) is 10.9. The van der Waals surface area contributed by atoms with Gasteiger partial charge in [0.15, 0.2) is 0 Å². The second-order valence-electron chi connectivity index (χ2n) is 2.95. The maximum Gasteiger partial charge on any atom is 0.343 e. The molecule has 4 N–H and O–H groups in total. The van der Waals surface area contributed by atoms with Gasteiger partial charge in [0.25, 0.3) is 0 Å². The molecular weight excluding hydrogens is 204 g/mol. The summed E-state index contributed by atoms with van der Waals surface area (Å²) in [7, 11) is 0. The molecule has 6 heteroatoms.